The van der Waals surface area contributed by atoms with Gasteiger partial charge in [-0.25, -0.2) is 23.1 Å². The summed E-state index contributed by atoms with van der Waals surface area (Å²) >= 11 is 0. The number of nitrogens with zero attached hydrogens (tertiary/aromatic N) is 2. The molecule has 0 spiro atoms. The molecule has 0 saturated heterocycles. The Balaban J connectivity index is 0.00000180. The number of hydrogen-bond acceptors (Lipinski definition) is 5. The van der Waals surface area contributed by atoms with E-state index in [9.17, 15) is 8.42 Å². The van der Waals surface area contributed by atoms with Crippen LogP contribution in [-0.4, -0.2) is 25.4 Å². The molecule has 1 aromatic heterocycles. The first-order chi connectivity index (χ1) is 8.62. The molecule has 2 N–H and O–H groups in total. The Morgan fingerprint density at radius 1 is 1.05 bits per heavy atom. The number of benzene rings is 1. The Labute approximate surface area is 127 Å². The third kappa shape index (κ3) is 4.03. The Morgan fingerprint density at radius 3 is 2.16 bits per heavy atom. The van der Waals surface area contributed by atoms with Gasteiger partial charge in [-0.3, -0.25) is 0 Å². The number of sulfonamides is 1. The van der Waals surface area contributed by atoms with Crippen LogP contribution in [0.1, 0.15) is 0 Å². The smallest absolute Gasteiger partial charge is 0.264 e. The SMILES string of the molecule is CNc1ccc(S(=O)(=O)Nc2ncccn2)cc1.[Ag]. The van der Waals surface area contributed by atoms with E-state index in [1.165, 1.54) is 24.5 Å². The van der Waals surface area contributed by atoms with Crippen LogP contribution in [0.5, 0.6) is 0 Å². The van der Waals surface area contributed by atoms with E-state index < -0.39 is 10.0 Å². The maximum atomic E-state index is 12.0. The number of nitrogens with one attached hydrogen (secondary N) is 2. The molecule has 0 aliphatic rings. The van der Waals surface area contributed by atoms with Crippen molar-refractivity contribution in [2.75, 3.05) is 17.1 Å². The molecule has 2 rings (SSSR count). The first-order valence-corrected chi connectivity index (χ1v) is 6.68. The van der Waals surface area contributed by atoms with Gasteiger partial charge in [0.25, 0.3) is 10.0 Å². The Morgan fingerprint density at radius 2 is 1.63 bits per heavy atom. The summed E-state index contributed by atoms with van der Waals surface area (Å²) < 4.78 is 26.3. The molecule has 0 aliphatic carbocycles. The molecule has 19 heavy (non-hydrogen) atoms. The van der Waals surface area contributed by atoms with Gasteiger partial charge in [0.2, 0.25) is 5.95 Å². The van der Waals surface area contributed by atoms with Crippen LogP contribution in [0.4, 0.5) is 11.6 Å². The predicted octanol–water partition coefficient (Wildman–Crippen LogP) is 1.32. The molecular weight excluding hydrogens is 360 g/mol. The quantitative estimate of drug-likeness (QED) is 0.791. The normalized spacial score (nSPS) is 10.4. The third-order valence-corrected chi connectivity index (χ3v) is 3.59. The second kappa shape index (κ2) is 6.67. The van der Waals surface area contributed by atoms with E-state index in [1.54, 1.807) is 25.2 Å². The molecule has 0 atom stereocenters. The number of hydrogen-bond donors (Lipinski definition) is 2. The van der Waals surface area contributed by atoms with Crippen molar-refractivity contribution in [1.29, 1.82) is 0 Å². The molecule has 8 heteroatoms. The summed E-state index contributed by atoms with van der Waals surface area (Å²) in [4.78, 5) is 7.78. The fraction of sp³-hybridized carbons (Fsp3) is 0.0909. The number of rotatable bonds is 4. The molecular formula is C11H12AgN4O2S. The molecule has 2 aromatic rings. The van der Waals surface area contributed by atoms with E-state index in [0.717, 1.165) is 5.69 Å². The van der Waals surface area contributed by atoms with Crippen LogP contribution < -0.4 is 10.0 Å². The average molecular weight is 372 g/mol. The van der Waals surface area contributed by atoms with E-state index in [2.05, 4.69) is 20.0 Å². The minimum atomic E-state index is -3.64. The average Bonchev–Trinajstić information content (AvgIpc) is 2.39. The molecule has 1 heterocycles. The van der Waals surface area contributed by atoms with Crippen LogP contribution in [0, 0.1) is 0 Å². The molecule has 6 nitrogen and oxygen atoms in total. The summed E-state index contributed by atoms with van der Waals surface area (Å²) in [6.07, 6.45) is 2.93. The van der Waals surface area contributed by atoms with Crippen LogP contribution in [0.3, 0.4) is 0 Å². The molecule has 0 bridgehead atoms. The molecule has 0 unspecified atom stereocenters. The van der Waals surface area contributed by atoms with Crippen LogP contribution in [-0.2, 0) is 32.4 Å². The molecule has 105 valence electrons. The number of anilines is 2. The summed E-state index contributed by atoms with van der Waals surface area (Å²) in [7, 11) is -1.88. The van der Waals surface area contributed by atoms with Gasteiger partial charge in [0.15, 0.2) is 0 Å². The monoisotopic (exact) mass is 371 g/mol. The molecule has 0 aliphatic heterocycles. The fourth-order valence-corrected chi connectivity index (χ4v) is 2.29. The molecule has 1 radical (unpaired) electrons. The first-order valence-electron chi connectivity index (χ1n) is 5.19. The van der Waals surface area contributed by atoms with E-state index in [-0.39, 0.29) is 33.2 Å². The van der Waals surface area contributed by atoms with Crippen molar-refractivity contribution in [2.45, 2.75) is 4.90 Å². The van der Waals surface area contributed by atoms with Crippen molar-refractivity contribution in [3.05, 3.63) is 42.7 Å². The zero-order chi connectivity index (χ0) is 13.0. The van der Waals surface area contributed by atoms with E-state index in [4.69, 9.17) is 0 Å². The topological polar surface area (TPSA) is 84.0 Å². The Hall–Kier alpha value is -1.41. The van der Waals surface area contributed by atoms with Gasteiger partial charge < -0.3 is 5.32 Å². The van der Waals surface area contributed by atoms with Gasteiger partial charge in [-0.2, -0.15) is 0 Å². The minimum Gasteiger partial charge on any atom is -0.388 e. The molecule has 0 fully saturated rings. The van der Waals surface area contributed by atoms with Crippen molar-refractivity contribution < 1.29 is 30.8 Å². The van der Waals surface area contributed by atoms with Crippen molar-refractivity contribution in [3.8, 4) is 0 Å². The molecule has 0 saturated carbocycles. The van der Waals surface area contributed by atoms with Gasteiger partial charge in [-0.15, -0.1) is 0 Å². The van der Waals surface area contributed by atoms with Crippen LogP contribution in [0.25, 0.3) is 0 Å². The minimum absolute atomic E-state index is 0. The summed E-state index contributed by atoms with van der Waals surface area (Å²) in [6.45, 7) is 0. The van der Waals surface area contributed by atoms with Crippen molar-refractivity contribution >= 4 is 21.7 Å². The largest absolute Gasteiger partial charge is 0.388 e. The maximum Gasteiger partial charge on any atom is 0.264 e. The first kappa shape index (κ1) is 15.6. The summed E-state index contributed by atoms with van der Waals surface area (Å²) in [5.41, 5.74) is 0.838. The van der Waals surface area contributed by atoms with Crippen molar-refractivity contribution in [3.63, 3.8) is 0 Å². The third-order valence-electron chi connectivity index (χ3n) is 2.24. The Kier molecular flexibility index (Phi) is 5.49. The van der Waals surface area contributed by atoms with Gasteiger partial charge in [-0.05, 0) is 30.3 Å². The van der Waals surface area contributed by atoms with Gasteiger partial charge in [-0.1, -0.05) is 0 Å². The second-order valence-corrected chi connectivity index (χ2v) is 5.13. The van der Waals surface area contributed by atoms with E-state index in [1.807, 2.05) is 0 Å². The predicted molar refractivity (Wildman–Crippen MR) is 68.8 cm³/mol. The summed E-state index contributed by atoms with van der Waals surface area (Å²) in [6, 6.07) is 7.99. The number of aromatic nitrogens is 2. The summed E-state index contributed by atoms with van der Waals surface area (Å²) in [5.74, 6) is 0.0511. The van der Waals surface area contributed by atoms with Crippen LogP contribution in [0.15, 0.2) is 47.6 Å². The van der Waals surface area contributed by atoms with E-state index in [0.29, 0.717) is 0 Å². The zero-order valence-corrected chi connectivity index (χ0v) is 12.3. The standard InChI is InChI=1S/C11H12N4O2S.Ag/c1-12-9-3-5-10(6-4-9)18(16,17)15-11-13-7-2-8-14-11;/h2-8,12H,1H3,(H,13,14,15);. The maximum absolute atomic E-state index is 12.0. The van der Waals surface area contributed by atoms with Gasteiger partial charge in [0, 0.05) is 47.5 Å². The van der Waals surface area contributed by atoms with Crippen molar-refractivity contribution in [1.82, 2.24) is 9.97 Å². The van der Waals surface area contributed by atoms with Crippen LogP contribution >= 0.6 is 0 Å². The molecule has 1 aromatic carbocycles. The van der Waals surface area contributed by atoms with Gasteiger partial charge in [0.1, 0.15) is 0 Å². The van der Waals surface area contributed by atoms with E-state index >= 15 is 0 Å². The molecule has 0 amide bonds. The summed E-state index contributed by atoms with van der Waals surface area (Å²) in [5, 5.41) is 2.92. The van der Waals surface area contributed by atoms with Crippen LogP contribution in [0.2, 0.25) is 0 Å². The second-order valence-electron chi connectivity index (χ2n) is 3.45. The Bertz CT molecular complexity index is 617. The zero-order valence-electron chi connectivity index (χ0n) is 9.96. The fourth-order valence-electron chi connectivity index (χ4n) is 1.33. The van der Waals surface area contributed by atoms with Gasteiger partial charge in [0.05, 0.1) is 4.90 Å². The van der Waals surface area contributed by atoms with Crippen molar-refractivity contribution in [2.24, 2.45) is 0 Å². The van der Waals surface area contributed by atoms with Gasteiger partial charge >= 0.3 is 0 Å².